The largest absolute Gasteiger partial charge is 0.324 e. The lowest BCUT2D eigenvalue weighted by atomic mass is 10.3. The quantitative estimate of drug-likeness (QED) is 0.756. The third kappa shape index (κ3) is 3.77. The summed E-state index contributed by atoms with van der Waals surface area (Å²) >= 11 is 11.8. The molecule has 2 aromatic heterocycles. The highest BCUT2D eigenvalue weighted by atomic mass is 35.5. The SMILES string of the molecule is O=C(Nc1cc(-n2ccnc2)ncn1)Nc1ccc(Cl)cc1Cl. The molecule has 0 saturated carbocycles. The number of carbonyl (C=O) groups excluding carboxylic acids is 1. The molecule has 3 aromatic rings. The lowest BCUT2D eigenvalue weighted by Crippen LogP contribution is -2.20. The van der Waals surface area contributed by atoms with E-state index in [0.717, 1.165) is 0 Å². The van der Waals surface area contributed by atoms with Gasteiger partial charge < -0.3 is 5.32 Å². The molecule has 1 aromatic carbocycles. The van der Waals surface area contributed by atoms with Gasteiger partial charge in [-0.2, -0.15) is 0 Å². The Balaban J connectivity index is 1.72. The van der Waals surface area contributed by atoms with Crippen molar-refractivity contribution in [3.05, 3.63) is 59.4 Å². The molecule has 0 unspecified atom stereocenters. The first-order chi connectivity index (χ1) is 11.1. The zero-order valence-corrected chi connectivity index (χ0v) is 13.1. The van der Waals surface area contributed by atoms with Crippen LogP contribution in [0, 0.1) is 0 Å². The predicted molar refractivity (Wildman–Crippen MR) is 88.3 cm³/mol. The molecular formula is C14H10Cl2N6O. The summed E-state index contributed by atoms with van der Waals surface area (Å²) in [6.45, 7) is 0. The molecular weight excluding hydrogens is 339 g/mol. The van der Waals surface area contributed by atoms with E-state index in [1.165, 1.54) is 6.33 Å². The van der Waals surface area contributed by atoms with Gasteiger partial charge in [-0.15, -0.1) is 0 Å². The van der Waals surface area contributed by atoms with Crippen molar-refractivity contribution in [1.82, 2.24) is 19.5 Å². The van der Waals surface area contributed by atoms with E-state index in [2.05, 4.69) is 25.6 Å². The number of amides is 2. The number of hydrogen-bond donors (Lipinski definition) is 2. The molecule has 0 spiro atoms. The number of carbonyl (C=O) groups is 1. The maximum absolute atomic E-state index is 12.0. The van der Waals surface area contributed by atoms with Crippen LogP contribution in [0.5, 0.6) is 0 Å². The van der Waals surface area contributed by atoms with Crippen molar-refractivity contribution in [3.63, 3.8) is 0 Å². The van der Waals surface area contributed by atoms with Crippen LogP contribution < -0.4 is 10.6 Å². The second kappa shape index (κ2) is 6.64. The molecule has 0 fully saturated rings. The van der Waals surface area contributed by atoms with Crippen LogP contribution in [-0.2, 0) is 0 Å². The van der Waals surface area contributed by atoms with E-state index in [4.69, 9.17) is 23.2 Å². The molecule has 7 nitrogen and oxygen atoms in total. The van der Waals surface area contributed by atoms with Gasteiger partial charge in [0.05, 0.1) is 10.7 Å². The first-order valence-corrected chi connectivity index (χ1v) is 7.21. The Labute approximate surface area is 141 Å². The van der Waals surface area contributed by atoms with Gasteiger partial charge in [-0.25, -0.2) is 19.7 Å². The van der Waals surface area contributed by atoms with Gasteiger partial charge in [0.2, 0.25) is 0 Å². The monoisotopic (exact) mass is 348 g/mol. The molecule has 0 bridgehead atoms. The Morgan fingerprint density at radius 2 is 2.00 bits per heavy atom. The van der Waals surface area contributed by atoms with Crippen molar-refractivity contribution in [1.29, 1.82) is 0 Å². The maximum atomic E-state index is 12.0. The minimum Gasteiger partial charge on any atom is -0.306 e. The fraction of sp³-hybridized carbons (Fsp3) is 0. The fourth-order valence-electron chi connectivity index (χ4n) is 1.81. The molecule has 2 amide bonds. The lowest BCUT2D eigenvalue weighted by molar-refractivity contribution is 0.262. The second-order valence-electron chi connectivity index (χ2n) is 4.43. The van der Waals surface area contributed by atoms with Gasteiger partial charge in [0.15, 0.2) is 0 Å². The fourth-order valence-corrected chi connectivity index (χ4v) is 2.27. The van der Waals surface area contributed by atoms with Crippen LogP contribution in [0.3, 0.4) is 0 Å². The summed E-state index contributed by atoms with van der Waals surface area (Å²) in [5.41, 5.74) is 0.442. The van der Waals surface area contributed by atoms with Crippen LogP contribution in [-0.4, -0.2) is 25.6 Å². The Morgan fingerprint density at radius 3 is 2.74 bits per heavy atom. The van der Waals surface area contributed by atoms with E-state index in [9.17, 15) is 4.79 Å². The molecule has 3 rings (SSSR count). The summed E-state index contributed by atoms with van der Waals surface area (Å²) in [4.78, 5) is 24.1. The number of benzene rings is 1. The van der Waals surface area contributed by atoms with Gasteiger partial charge in [0.25, 0.3) is 0 Å². The van der Waals surface area contributed by atoms with Crippen molar-refractivity contribution in [2.45, 2.75) is 0 Å². The van der Waals surface area contributed by atoms with E-state index in [1.54, 1.807) is 47.6 Å². The Hall–Kier alpha value is -2.64. The second-order valence-corrected chi connectivity index (χ2v) is 5.28. The van der Waals surface area contributed by atoms with Crippen molar-refractivity contribution in [2.24, 2.45) is 0 Å². The highest BCUT2D eigenvalue weighted by Gasteiger charge is 2.08. The van der Waals surface area contributed by atoms with Crippen LogP contribution >= 0.6 is 23.2 Å². The third-order valence-electron chi connectivity index (χ3n) is 2.84. The molecule has 0 aliphatic heterocycles. The number of halogens is 2. The van der Waals surface area contributed by atoms with Crippen molar-refractivity contribution >= 4 is 40.7 Å². The third-order valence-corrected chi connectivity index (χ3v) is 3.39. The molecule has 116 valence electrons. The summed E-state index contributed by atoms with van der Waals surface area (Å²) in [6, 6.07) is 5.92. The van der Waals surface area contributed by atoms with Crippen LogP contribution in [0.15, 0.2) is 49.3 Å². The van der Waals surface area contributed by atoms with Crippen LogP contribution in [0.25, 0.3) is 5.82 Å². The first kappa shape index (κ1) is 15.3. The molecule has 0 aliphatic carbocycles. The van der Waals surface area contributed by atoms with Crippen LogP contribution in [0.2, 0.25) is 10.0 Å². The highest BCUT2D eigenvalue weighted by molar-refractivity contribution is 6.36. The first-order valence-electron chi connectivity index (χ1n) is 6.45. The average molecular weight is 349 g/mol. The van der Waals surface area contributed by atoms with E-state index in [0.29, 0.717) is 27.4 Å². The van der Waals surface area contributed by atoms with Crippen LogP contribution in [0.1, 0.15) is 0 Å². The number of nitrogens with one attached hydrogen (secondary N) is 2. The normalized spacial score (nSPS) is 10.3. The van der Waals surface area contributed by atoms with Gasteiger partial charge in [0.1, 0.15) is 24.3 Å². The number of rotatable bonds is 3. The number of nitrogens with zero attached hydrogens (tertiary/aromatic N) is 4. The van der Waals surface area contributed by atoms with E-state index in [1.807, 2.05) is 0 Å². The lowest BCUT2D eigenvalue weighted by Gasteiger charge is -2.09. The number of anilines is 2. The topological polar surface area (TPSA) is 84.7 Å². The summed E-state index contributed by atoms with van der Waals surface area (Å²) in [5, 5.41) is 6.06. The van der Waals surface area contributed by atoms with E-state index in [-0.39, 0.29) is 0 Å². The van der Waals surface area contributed by atoms with Crippen molar-refractivity contribution in [2.75, 3.05) is 10.6 Å². The number of hydrogen-bond acceptors (Lipinski definition) is 4. The molecule has 2 heterocycles. The molecule has 2 N–H and O–H groups in total. The zero-order valence-electron chi connectivity index (χ0n) is 11.6. The van der Waals surface area contributed by atoms with Crippen molar-refractivity contribution in [3.8, 4) is 5.82 Å². The predicted octanol–water partition coefficient (Wildman–Crippen LogP) is 3.61. The minimum absolute atomic E-state index is 0.339. The van der Waals surface area contributed by atoms with Crippen molar-refractivity contribution < 1.29 is 4.79 Å². The van der Waals surface area contributed by atoms with Gasteiger partial charge in [0, 0.05) is 23.5 Å². The van der Waals surface area contributed by atoms with E-state index >= 15 is 0 Å². The van der Waals surface area contributed by atoms with Gasteiger partial charge in [-0.3, -0.25) is 9.88 Å². The van der Waals surface area contributed by atoms with E-state index < -0.39 is 6.03 Å². The summed E-state index contributed by atoms with van der Waals surface area (Å²) in [7, 11) is 0. The highest BCUT2D eigenvalue weighted by Crippen LogP contribution is 2.25. The Bertz CT molecular complexity index is 837. The minimum atomic E-state index is -0.482. The summed E-state index contributed by atoms with van der Waals surface area (Å²) < 4.78 is 1.70. The van der Waals surface area contributed by atoms with Gasteiger partial charge >= 0.3 is 6.03 Å². The molecule has 23 heavy (non-hydrogen) atoms. The van der Waals surface area contributed by atoms with Gasteiger partial charge in [-0.05, 0) is 18.2 Å². The van der Waals surface area contributed by atoms with Gasteiger partial charge in [-0.1, -0.05) is 23.2 Å². The smallest absolute Gasteiger partial charge is 0.306 e. The zero-order chi connectivity index (χ0) is 16.2. The van der Waals surface area contributed by atoms with Crippen LogP contribution in [0.4, 0.5) is 16.3 Å². The average Bonchev–Trinajstić information content (AvgIpc) is 3.05. The number of aromatic nitrogens is 4. The standard InChI is InChI=1S/C14H10Cl2N6O/c15-9-1-2-11(10(16)5-9)20-14(23)21-12-6-13(19-7-18-12)22-4-3-17-8-22/h1-8H,(H2,18,19,20,21,23). The summed E-state index contributed by atoms with van der Waals surface area (Å²) in [5.74, 6) is 0.920. The number of urea groups is 1. The maximum Gasteiger partial charge on any atom is 0.324 e. The number of imidazole rings is 1. The Kier molecular flexibility index (Phi) is 4.40. The molecule has 0 saturated heterocycles. The molecule has 0 aliphatic rings. The Morgan fingerprint density at radius 1 is 1.13 bits per heavy atom. The summed E-state index contributed by atoms with van der Waals surface area (Å²) in [6.07, 6.45) is 6.31. The molecule has 0 radical (unpaired) electrons. The molecule has 9 heteroatoms. The molecule has 0 atom stereocenters.